The summed E-state index contributed by atoms with van der Waals surface area (Å²) in [6.45, 7) is 4.25. The smallest absolute Gasteiger partial charge is 0.166 e. The first kappa shape index (κ1) is 14.6. The van der Waals surface area contributed by atoms with Gasteiger partial charge in [0.25, 0.3) is 0 Å². The highest BCUT2D eigenvalue weighted by Gasteiger charge is 2.32. The molecule has 0 radical (unpaired) electrons. The molecule has 0 N–H and O–H groups in total. The zero-order valence-electron chi connectivity index (χ0n) is 8.40. The monoisotopic (exact) mass is 256 g/mol. The van der Waals surface area contributed by atoms with E-state index in [-0.39, 0.29) is 5.02 Å². The fourth-order valence-corrected chi connectivity index (χ4v) is 1.30. The standard InChI is InChI=1S/C7H4ClF3S.C3H8/c8-6-3-4(12)1-2-5(6)7(9,10)11;1-3-2/h1-3,12H;3H2,1-2H3. The molecule has 0 saturated heterocycles. The third kappa shape index (κ3) is 5.33. The molecule has 1 aromatic carbocycles. The SMILES string of the molecule is CCC.FC(F)(F)c1ccc(S)cc1Cl. The van der Waals surface area contributed by atoms with Gasteiger partial charge in [-0.15, -0.1) is 12.6 Å². The Morgan fingerprint density at radius 2 is 1.73 bits per heavy atom. The van der Waals surface area contributed by atoms with E-state index in [0.717, 1.165) is 12.1 Å². The second-order valence-electron chi connectivity index (χ2n) is 2.87. The molecule has 1 aromatic rings. The molecule has 0 unspecified atom stereocenters. The summed E-state index contributed by atoms with van der Waals surface area (Å²) in [5.41, 5.74) is -0.832. The predicted octanol–water partition coefficient (Wildman–Crippen LogP) is 5.06. The zero-order chi connectivity index (χ0) is 12.1. The van der Waals surface area contributed by atoms with Crippen LogP contribution in [0.15, 0.2) is 23.1 Å². The van der Waals surface area contributed by atoms with E-state index >= 15 is 0 Å². The Labute approximate surface area is 97.9 Å². The van der Waals surface area contributed by atoms with E-state index in [1.54, 1.807) is 0 Å². The van der Waals surface area contributed by atoms with Crippen LogP contribution in [0.5, 0.6) is 0 Å². The molecular weight excluding hydrogens is 245 g/mol. The molecule has 0 aliphatic carbocycles. The van der Waals surface area contributed by atoms with E-state index in [1.807, 2.05) is 0 Å². The zero-order valence-corrected chi connectivity index (χ0v) is 10.0. The Balaban J connectivity index is 0.000000583. The largest absolute Gasteiger partial charge is 0.417 e. The van der Waals surface area contributed by atoms with Gasteiger partial charge < -0.3 is 0 Å². The van der Waals surface area contributed by atoms with Crippen LogP contribution in [0.1, 0.15) is 25.8 Å². The average Bonchev–Trinajstić information content (AvgIpc) is 2.02. The maximum atomic E-state index is 12.1. The lowest BCUT2D eigenvalue weighted by molar-refractivity contribution is -0.137. The molecule has 0 saturated carbocycles. The van der Waals surface area contributed by atoms with Crippen molar-refractivity contribution in [3.63, 3.8) is 0 Å². The molecule has 0 aliphatic rings. The van der Waals surface area contributed by atoms with Gasteiger partial charge in [-0.25, -0.2) is 0 Å². The van der Waals surface area contributed by atoms with Crippen LogP contribution in [0.2, 0.25) is 5.02 Å². The molecule has 86 valence electrons. The van der Waals surface area contributed by atoms with Crippen LogP contribution >= 0.6 is 24.2 Å². The van der Waals surface area contributed by atoms with Gasteiger partial charge >= 0.3 is 6.18 Å². The van der Waals surface area contributed by atoms with Crippen molar-refractivity contribution in [2.75, 3.05) is 0 Å². The lowest BCUT2D eigenvalue weighted by atomic mass is 10.2. The molecule has 0 aromatic heterocycles. The normalized spacial score (nSPS) is 10.6. The van der Waals surface area contributed by atoms with Crippen molar-refractivity contribution in [2.45, 2.75) is 31.3 Å². The molecule has 0 amide bonds. The number of benzene rings is 1. The molecule has 5 heteroatoms. The summed E-state index contributed by atoms with van der Waals surface area (Å²) in [6, 6.07) is 3.32. The minimum absolute atomic E-state index is 0.324. The van der Waals surface area contributed by atoms with Crippen molar-refractivity contribution in [1.29, 1.82) is 0 Å². The van der Waals surface area contributed by atoms with E-state index in [2.05, 4.69) is 26.5 Å². The van der Waals surface area contributed by atoms with Crippen LogP contribution in [-0.2, 0) is 6.18 Å². The minimum atomic E-state index is -4.39. The molecular formula is C10H12ClF3S. The van der Waals surface area contributed by atoms with Crippen molar-refractivity contribution in [2.24, 2.45) is 0 Å². The molecule has 0 atom stereocenters. The first-order chi connectivity index (χ1) is 6.82. The van der Waals surface area contributed by atoms with Gasteiger partial charge in [0.2, 0.25) is 0 Å². The van der Waals surface area contributed by atoms with Gasteiger partial charge in [0.15, 0.2) is 0 Å². The minimum Gasteiger partial charge on any atom is -0.166 e. The van der Waals surface area contributed by atoms with Crippen LogP contribution in [0.3, 0.4) is 0 Å². The van der Waals surface area contributed by atoms with Crippen LogP contribution in [0.25, 0.3) is 0 Å². The molecule has 0 nitrogen and oxygen atoms in total. The highest BCUT2D eigenvalue weighted by molar-refractivity contribution is 7.80. The Kier molecular flexibility index (Phi) is 6.13. The summed E-state index contributed by atoms with van der Waals surface area (Å²) >= 11 is 9.19. The Morgan fingerprint density at radius 1 is 1.27 bits per heavy atom. The van der Waals surface area contributed by atoms with Gasteiger partial charge in [-0.2, -0.15) is 13.2 Å². The second kappa shape index (κ2) is 6.28. The number of halogens is 4. The number of rotatable bonds is 0. The Morgan fingerprint density at radius 3 is 2.07 bits per heavy atom. The van der Waals surface area contributed by atoms with Gasteiger partial charge in [0, 0.05) is 4.90 Å². The predicted molar refractivity (Wildman–Crippen MR) is 59.7 cm³/mol. The number of thiol groups is 1. The summed E-state index contributed by atoms with van der Waals surface area (Å²) in [6.07, 6.45) is -3.14. The third-order valence-electron chi connectivity index (χ3n) is 1.26. The van der Waals surface area contributed by atoms with Gasteiger partial charge in [0.1, 0.15) is 0 Å². The van der Waals surface area contributed by atoms with Crippen molar-refractivity contribution < 1.29 is 13.2 Å². The van der Waals surface area contributed by atoms with E-state index in [9.17, 15) is 13.2 Å². The summed E-state index contributed by atoms with van der Waals surface area (Å²) in [5.74, 6) is 0. The topological polar surface area (TPSA) is 0 Å². The van der Waals surface area contributed by atoms with Crippen molar-refractivity contribution in [3.05, 3.63) is 28.8 Å². The second-order valence-corrected chi connectivity index (χ2v) is 3.79. The highest BCUT2D eigenvalue weighted by Crippen LogP contribution is 2.35. The summed E-state index contributed by atoms with van der Waals surface area (Å²) < 4.78 is 36.2. The average molecular weight is 257 g/mol. The van der Waals surface area contributed by atoms with E-state index in [0.29, 0.717) is 4.90 Å². The summed E-state index contributed by atoms with van der Waals surface area (Å²) in [7, 11) is 0. The van der Waals surface area contributed by atoms with Gasteiger partial charge in [-0.05, 0) is 18.2 Å². The van der Waals surface area contributed by atoms with E-state index in [4.69, 9.17) is 11.6 Å². The first-order valence-corrected chi connectivity index (χ1v) is 5.21. The highest BCUT2D eigenvalue weighted by atomic mass is 35.5. The quantitative estimate of drug-likeness (QED) is 0.616. The molecule has 1 rings (SSSR count). The van der Waals surface area contributed by atoms with Crippen molar-refractivity contribution in [3.8, 4) is 0 Å². The first-order valence-electron chi connectivity index (χ1n) is 4.38. The van der Waals surface area contributed by atoms with Gasteiger partial charge in [-0.1, -0.05) is 31.9 Å². The number of hydrogen-bond acceptors (Lipinski definition) is 1. The van der Waals surface area contributed by atoms with Gasteiger partial charge in [0.05, 0.1) is 10.6 Å². The van der Waals surface area contributed by atoms with Crippen molar-refractivity contribution in [1.82, 2.24) is 0 Å². The number of hydrogen-bond donors (Lipinski definition) is 1. The molecule has 15 heavy (non-hydrogen) atoms. The summed E-state index contributed by atoms with van der Waals surface area (Å²) in [5, 5.41) is -0.324. The van der Waals surface area contributed by atoms with Crippen molar-refractivity contribution >= 4 is 24.2 Å². The lowest BCUT2D eigenvalue weighted by Gasteiger charge is -2.08. The lowest BCUT2D eigenvalue weighted by Crippen LogP contribution is -2.05. The van der Waals surface area contributed by atoms with Crippen LogP contribution in [0.4, 0.5) is 13.2 Å². The summed E-state index contributed by atoms with van der Waals surface area (Å²) in [4.78, 5) is 0.410. The molecule has 0 bridgehead atoms. The maximum Gasteiger partial charge on any atom is 0.417 e. The fourth-order valence-electron chi connectivity index (χ4n) is 0.734. The molecule has 0 heterocycles. The molecule has 0 spiro atoms. The molecule has 0 fully saturated rings. The van der Waals surface area contributed by atoms with Crippen LogP contribution in [0, 0.1) is 0 Å². The van der Waals surface area contributed by atoms with Crippen LogP contribution < -0.4 is 0 Å². The Bertz CT molecular complexity index is 310. The van der Waals surface area contributed by atoms with Gasteiger partial charge in [-0.3, -0.25) is 0 Å². The van der Waals surface area contributed by atoms with E-state index < -0.39 is 11.7 Å². The Hall–Kier alpha value is -0.350. The van der Waals surface area contributed by atoms with E-state index in [1.165, 1.54) is 12.5 Å². The van der Waals surface area contributed by atoms with Crippen LogP contribution in [-0.4, -0.2) is 0 Å². The maximum absolute atomic E-state index is 12.1. The molecule has 0 aliphatic heterocycles. The fraction of sp³-hybridized carbons (Fsp3) is 0.400. The number of alkyl halides is 3. The third-order valence-corrected chi connectivity index (χ3v) is 1.85.